The molecule has 2 N–H and O–H groups in total. The number of anilines is 1. The lowest BCUT2D eigenvalue weighted by Crippen LogP contribution is -2.23. The standard InChI is InChI=1S/C22H26N4O5S/c1-14(27)24-18-12-17(10-11-19(18)30-5)32(28,29)23-13-20-25-21(26-31-20)15-6-8-16(9-7-15)22(2,3)4/h6-12,23H,13H2,1-5H3,(H,24,27). The molecule has 0 atom stereocenters. The van der Waals surface area contributed by atoms with Crippen molar-refractivity contribution in [2.24, 2.45) is 0 Å². The van der Waals surface area contributed by atoms with Gasteiger partial charge in [0.05, 0.1) is 24.2 Å². The second-order valence-electron chi connectivity index (χ2n) is 8.21. The van der Waals surface area contributed by atoms with Crippen LogP contribution in [0.15, 0.2) is 51.9 Å². The van der Waals surface area contributed by atoms with E-state index in [4.69, 9.17) is 9.26 Å². The molecular weight excluding hydrogens is 432 g/mol. The van der Waals surface area contributed by atoms with Crippen molar-refractivity contribution in [3.63, 3.8) is 0 Å². The van der Waals surface area contributed by atoms with Gasteiger partial charge in [-0.1, -0.05) is 50.2 Å². The van der Waals surface area contributed by atoms with Crippen LogP contribution in [-0.4, -0.2) is 31.6 Å². The highest BCUT2D eigenvalue weighted by Crippen LogP contribution is 2.28. The number of rotatable bonds is 7. The third-order valence-corrected chi connectivity index (χ3v) is 6.08. The third-order valence-electron chi connectivity index (χ3n) is 4.68. The highest BCUT2D eigenvalue weighted by molar-refractivity contribution is 7.89. The van der Waals surface area contributed by atoms with Crippen molar-refractivity contribution in [2.75, 3.05) is 12.4 Å². The van der Waals surface area contributed by atoms with Crippen LogP contribution in [0.3, 0.4) is 0 Å². The van der Waals surface area contributed by atoms with Gasteiger partial charge in [0.2, 0.25) is 27.6 Å². The molecule has 0 radical (unpaired) electrons. The first-order chi connectivity index (χ1) is 15.0. The molecule has 1 amide bonds. The van der Waals surface area contributed by atoms with Crippen LogP contribution < -0.4 is 14.8 Å². The Morgan fingerprint density at radius 1 is 1.12 bits per heavy atom. The third kappa shape index (κ3) is 5.51. The predicted molar refractivity (Wildman–Crippen MR) is 120 cm³/mol. The highest BCUT2D eigenvalue weighted by atomic mass is 32.2. The summed E-state index contributed by atoms with van der Waals surface area (Å²) >= 11 is 0. The van der Waals surface area contributed by atoms with Crippen LogP contribution in [-0.2, 0) is 26.8 Å². The second-order valence-corrected chi connectivity index (χ2v) is 9.97. The van der Waals surface area contributed by atoms with E-state index in [0.717, 1.165) is 5.56 Å². The number of ether oxygens (including phenoxy) is 1. The van der Waals surface area contributed by atoms with Crippen LogP contribution in [0.4, 0.5) is 5.69 Å². The predicted octanol–water partition coefficient (Wildman–Crippen LogP) is 3.48. The summed E-state index contributed by atoms with van der Waals surface area (Å²) in [6, 6.07) is 12.0. The molecule has 0 aliphatic rings. The van der Waals surface area contributed by atoms with Crippen LogP contribution in [0.5, 0.6) is 5.75 Å². The average Bonchev–Trinajstić information content (AvgIpc) is 3.20. The van der Waals surface area contributed by atoms with Gasteiger partial charge in [0.15, 0.2) is 0 Å². The van der Waals surface area contributed by atoms with Gasteiger partial charge in [0.25, 0.3) is 0 Å². The fraction of sp³-hybridized carbons (Fsp3) is 0.318. The summed E-state index contributed by atoms with van der Waals surface area (Å²) in [5.41, 5.74) is 2.23. The van der Waals surface area contributed by atoms with Crippen LogP contribution in [0.1, 0.15) is 39.1 Å². The molecule has 9 nitrogen and oxygen atoms in total. The minimum absolute atomic E-state index is 0.0283. The Hall–Kier alpha value is -3.24. The summed E-state index contributed by atoms with van der Waals surface area (Å²) in [4.78, 5) is 15.6. The van der Waals surface area contributed by atoms with Crippen molar-refractivity contribution in [1.82, 2.24) is 14.9 Å². The average molecular weight is 459 g/mol. The highest BCUT2D eigenvalue weighted by Gasteiger charge is 2.19. The molecule has 1 aromatic heterocycles. The molecule has 0 bridgehead atoms. The molecule has 0 fully saturated rings. The number of nitrogens with one attached hydrogen (secondary N) is 2. The van der Waals surface area contributed by atoms with E-state index in [1.54, 1.807) is 0 Å². The number of nitrogens with zero attached hydrogens (tertiary/aromatic N) is 2. The van der Waals surface area contributed by atoms with Crippen molar-refractivity contribution in [3.05, 3.63) is 53.9 Å². The van der Waals surface area contributed by atoms with E-state index in [1.807, 2.05) is 24.3 Å². The first-order valence-corrected chi connectivity index (χ1v) is 11.4. The van der Waals surface area contributed by atoms with Crippen molar-refractivity contribution in [2.45, 2.75) is 44.6 Å². The number of carbonyl (C=O) groups excluding carboxylic acids is 1. The van der Waals surface area contributed by atoms with Gasteiger partial charge < -0.3 is 14.6 Å². The summed E-state index contributed by atoms with van der Waals surface area (Å²) in [7, 11) is -2.48. The Morgan fingerprint density at radius 2 is 1.81 bits per heavy atom. The molecule has 0 unspecified atom stereocenters. The number of hydrogen-bond acceptors (Lipinski definition) is 7. The van der Waals surface area contributed by atoms with Crippen molar-refractivity contribution >= 4 is 21.6 Å². The first kappa shape index (κ1) is 23.4. The lowest BCUT2D eigenvalue weighted by molar-refractivity contribution is -0.114. The van der Waals surface area contributed by atoms with Crippen LogP contribution in [0.25, 0.3) is 11.4 Å². The smallest absolute Gasteiger partial charge is 0.242 e. The van der Waals surface area contributed by atoms with E-state index in [-0.39, 0.29) is 34.3 Å². The topological polar surface area (TPSA) is 123 Å². The number of amides is 1. The summed E-state index contributed by atoms with van der Waals surface area (Å²) < 4.78 is 38.2. The lowest BCUT2D eigenvalue weighted by atomic mass is 9.87. The zero-order valence-electron chi connectivity index (χ0n) is 18.6. The quantitative estimate of drug-likeness (QED) is 0.555. The molecule has 0 saturated carbocycles. The number of methoxy groups -OCH3 is 1. The maximum absolute atomic E-state index is 12.7. The molecule has 1 heterocycles. The molecule has 0 aliphatic carbocycles. The van der Waals surface area contributed by atoms with Gasteiger partial charge in [-0.05, 0) is 29.2 Å². The summed E-state index contributed by atoms with van der Waals surface area (Å²) in [6.45, 7) is 7.52. The Morgan fingerprint density at radius 3 is 2.41 bits per heavy atom. The number of hydrogen-bond donors (Lipinski definition) is 2. The van der Waals surface area contributed by atoms with E-state index in [2.05, 4.69) is 41.0 Å². The molecule has 3 aromatic rings. The zero-order valence-corrected chi connectivity index (χ0v) is 19.4. The minimum atomic E-state index is -3.90. The van der Waals surface area contributed by atoms with Gasteiger partial charge in [-0.15, -0.1) is 0 Å². The summed E-state index contributed by atoms with van der Waals surface area (Å²) in [5, 5.41) is 6.48. The van der Waals surface area contributed by atoms with Gasteiger partial charge in [-0.2, -0.15) is 4.98 Å². The maximum Gasteiger partial charge on any atom is 0.242 e. The first-order valence-electron chi connectivity index (χ1n) is 9.88. The van der Waals surface area contributed by atoms with E-state index < -0.39 is 10.0 Å². The van der Waals surface area contributed by atoms with Crippen molar-refractivity contribution in [3.8, 4) is 17.1 Å². The van der Waals surface area contributed by atoms with Gasteiger partial charge in [-0.3, -0.25) is 4.79 Å². The fourth-order valence-corrected chi connectivity index (χ4v) is 3.95. The molecule has 32 heavy (non-hydrogen) atoms. The molecule has 0 spiro atoms. The van der Waals surface area contributed by atoms with Gasteiger partial charge >= 0.3 is 0 Å². The molecule has 10 heteroatoms. The Labute approximate surface area is 187 Å². The fourth-order valence-electron chi connectivity index (χ4n) is 2.94. The molecule has 0 aliphatic heterocycles. The van der Waals surface area contributed by atoms with Crippen molar-refractivity contribution in [1.29, 1.82) is 0 Å². The second kappa shape index (κ2) is 9.09. The van der Waals surface area contributed by atoms with Gasteiger partial charge in [-0.25, -0.2) is 13.1 Å². The van der Waals surface area contributed by atoms with Gasteiger partial charge in [0, 0.05) is 12.5 Å². The number of benzene rings is 2. The van der Waals surface area contributed by atoms with E-state index in [1.165, 1.54) is 37.8 Å². The van der Waals surface area contributed by atoms with E-state index in [0.29, 0.717) is 11.6 Å². The lowest BCUT2D eigenvalue weighted by Gasteiger charge is -2.18. The number of aromatic nitrogens is 2. The number of carbonyl (C=O) groups is 1. The van der Waals surface area contributed by atoms with E-state index >= 15 is 0 Å². The molecule has 3 rings (SSSR count). The van der Waals surface area contributed by atoms with E-state index in [9.17, 15) is 13.2 Å². The largest absolute Gasteiger partial charge is 0.495 e. The van der Waals surface area contributed by atoms with Crippen LogP contribution in [0.2, 0.25) is 0 Å². The monoisotopic (exact) mass is 458 g/mol. The summed E-state index contributed by atoms with van der Waals surface area (Å²) in [5.74, 6) is 0.494. The van der Waals surface area contributed by atoms with Crippen LogP contribution in [0, 0.1) is 0 Å². The SMILES string of the molecule is COc1ccc(S(=O)(=O)NCc2nc(-c3ccc(C(C)(C)C)cc3)no2)cc1NC(C)=O. The zero-order chi connectivity index (χ0) is 23.5. The Kier molecular flexibility index (Phi) is 6.65. The number of sulfonamides is 1. The Bertz CT molecular complexity index is 1210. The molecule has 170 valence electrons. The van der Waals surface area contributed by atoms with Crippen molar-refractivity contribution < 1.29 is 22.5 Å². The van der Waals surface area contributed by atoms with Crippen LogP contribution >= 0.6 is 0 Å². The van der Waals surface area contributed by atoms with Gasteiger partial charge in [0.1, 0.15) is 5.75 Å². The molecular formula is C22H26N4O5S. The molecule has 2 aromatic carbocycles. The Balaban J connectivity index is 1.73. The summed E-state index contributed by atoms with van der Waals surface area (Å²) in [6.07, 6.45) is 0. The molecule has 0 saturated heterocycles. The minimum Gasteiger partial charge on any atom is -0.495 e. The maximum atomic E-state index is 12.7. The normalized spacial score (nSPS) is 11.9.